The number of carbonyl (C=O) groups excluding carboxylic acids is 1. The van der Waals surface area contributed by atoms with Crippen molar-refractivity contribution in [3.8, 4) is 0 Å². The molecule has 2 heterocycles. The van der Waals surface area contributed by atoms with Crippen LogP contribution in [0.25, 0.3) is 0 Å². The van der Waals surface area contributed by atoms with E-state index in [1.807, 2.05) is 30.2 Å². The number of carbonyl (C=O) groups is 1. The van der Waals surface area contributed by atoms with Crippen LogP contribution in [0.15, 0.2) is 46.6 Å². The molecule has 2 rings (SSSR count). The minimum Gasteiger partial charge on any atom is -0.356 e. The van der Waals surface area contributed by atoms with Crippen LogP contribution < -0.4 is 5.32 Å². The van der Waals surface area contributed by atoms with Crippen molar-refractivity contribution in [1.29, 1.82) is 0 Å². The van der Waals surface area contributed by atoms with Crippen LogP contribution in [0, 0.1) is 0 Å². The average Bonchev–Trinajstić information content (AvgIpc) is 3.08. The maximum absolute atomic E-state index is 11.9. The van der Waals surface area contributed by atoms with E-state index in [0.29, 0.717) is 19.0 Å². The first-order valence-electron chi connectivity index (χ1n) is 8.49. The predicted octanol–water partition coefficient (Wildman–Crippen LogP) is 4.29. The molecule has 1 aliphatic heterocycles. The Balaban J connectivity index is 1.60. The Kier molecular flexibility index (Phi) is 7.25. The summed E-state index contributed by atoms with van der Waals surface area (Å²) in [6.07, 6.45) is 8.41. The second-order valence-corrected chi connectivity index (χ2v) is 7.17. The van der Waals surface area contributed by atoms with E-state index in [1.165, 1.54) is 4.88 Å². The van der Waals surface area contributed by atoms with E-state index in [0.717, 1.165) is 30.8 Å². The van der Waals surface area contributed by atoms with Gasteiger partial charge in [0.25, 0.3) is 0 Å². The number of hydrogen-bond acceptors (Lipinski definition) is 4. The van der Waals surface area contributed by atoms with Crippen molar-refractivity contribution in [1.82, 2.24) is 10.2 Å². The Hall–Kier alpha value is -1.88. The molecule has 1 N–H and O–H groups in total. The largest absolute Gasteiger partial charge is 0.356 e. The quantitative estimate of drug-likeness (QED) is 0.714. The highest BCUT2D eigenvalue weighted by molar-refractivity contribution is 7.10. The van der Waals surface area contributed by atoms with Crippen LogP contribution >= 0.6 is 11.3 Å². The molecule has 1 aromatic heterocycles. The number of nitrogens with zero attached hydrogens (tertiary/aromatic N) is 2. The molecule has 1 amide bonds. The lowest BCUT2D eigenvalue weighted by Gasteiger charge is -2.22. The minimum absolute atomic E-state index is 0.0772. The van der Waals surface area contributed by atoms with Crippen LogP contribution in [-0.2, 0) is 4.79 Å². The Morgan fingerprint density at radius 2 is 2.33 bits per heavy atom. The Morgan fingerprint density at radius 1 is 1.50 bits per heavy atom. The van der Waals surface area contributed by atoms with E-state index in [-0.39, 0.29) is 5.91 Å². The number of thiophene rings is 1. The second kappa shape index (κ2) is 9.42. The molecule has 1 unspecified atom stereocenters. The summed E-state index contributed by atoms with van der Waals surface area (Å²) < 4.78 is 0. The molecule has 0 radical (unpaired) electrons. The van der Waals surface area contributed by atoms with Gasteiger partial charge < -0.3 is 10.2 Å². The predicted molar refractivity (Wildman–Crippen MR) is 102 cm³/mol. The first kappa shape index (κ1) is 18.5. The van der Waals surface area contributed by atoms with Crippen molar-refractivity contribution in [2.45, 2.75) is 46.0 Å². The van der Waals surface area contributed by atoms with Gasteiger partial charge in [-0.15, -0.1) is 11.3 Å². The molecule has 0 aliphatic carbocycles. The highest BCUT2D eigenvalue weighted by Crippen LogP contribution is 2.24. The number of amides is 1. The van der Waals surface area contributed by atoms with Gasteiger partial charge in [-0.1, -0.05) is 19.1 Å². The third-order valence-corrected chi connectivity index (χ3v) is 5.20. The second-order valence-electron chi connectivity index (χ2n) is 6.19. The molecule has 130 valence electrons. The Morgan fingerprint density at radius 3 is 3.04 bits per heavy atom. The summed E-state index contributed by atoms with van der Waals surface area (Å²) in [5.41, 5.74) is 2.20. The van der Waals surface area contributed by atoms with E-state index in [1.54, 1.807) is 11.3 Å². The van der Waals surface area contributed by atoms with Crippen LogP contribution in [0.1, 0.15) is 50.8 Å². The maximum atomic E-state index is 11.9. The van der Waals surface area contributed by atoms with Gasteiger partial charge in [-0.25, -0.2) is 0 Å². The monoisotopic (exact) mass is 345 g/mol. The van der Waals surface area contributed by atoms with Crippen molar-refractivity contribution in [3.63, 3.8) is 0 Å². The van der Waals surface area contributed by atoms with Crippen molar-refractivity contribution in [2.24, 2.45) is 4.99 Å². The number of hydrogen-bond donors (Lipinski definition) is 1. The van der Waals surface area contributed by atoms with Crippen molar-refractivity contribution >= 4 is 23.0 Å². The van der Waals surface area contributed by atoms with Gasteiger partial charge in [-0.2, -0.15) is 0 Å². The van der Waals surface area contributed by atoms with Gasteiger partial charge in [0.15, 0.2) is 0 Å². The SMILES string of the molecule is CC1=CC(C)=NCN1/C=C\CC(=O)NCCCC(C)c1cccs1. The lowest BCUT2D eigenvalue weighted by atomic mass is 10.0. The highest BCUT2D eigenvalue weighted by atomic mass is 32.1. The number of allylic oxidation sites excluding steroid dienone is 2. The van der Waals surface area contributed by atoms with Gasteiger partial charge in [0.1, 0.15) is 6.67 Å². The zero-order valence-electron chi connectivity index (χ0n) is 14.8. The molecule has 1 atom stereocenters. The molecule has 0 spiro atoms. The van der Waals surface area contributed by atoms with E-state index < -0.39 is 0 Å². The molecular weight excluding hydrogens is 318 g/mol. The molecular formula is C19H27N3OS. The number of rotatable bonds is 8. The molecule has 0 aromatic carbocycles. The van der Waals surface area contributed by atoms with Crippen LogP contribution in [0.4, 0.5) is 0 Å². The van der Waals surface area contributed by atoms with Crippen molar-refractivity contribution in [2.75, 3.05) is 13.2 Å². The van der Waals surface area contributed by atoms with E-state index >= 15 is 0 Å². The molecule has 1 aromatic rings. The summed E-state index contributed by atoms with van der Waals surface area (Å²) in [6.45, 7) is 7.67. The van der Waals surface area contributed by atoms with Crippen LogP contribution in [0.5, 0.6) is 0 Å². The van der Waals surface area contributed by atoms with E-state index in [4.69, 9.17) is 0 Å². The van der Waals surface area contributed by atoms with Gasteiger partial charge in [-0.05, 0) is 50.1 Å². The van der Waals surface area contributed by atoms with Crippen LogP contribution in [0.3, 0.4) is 0 Å². The summed E-state index contributed by atoms with van der Waals surface area (Å²) in [6, 6.07) is 4.28. The molecule has 1 aliphatic rings. The van der Waals surface area contributed by atoms with Crippen LogP contribution in [0.2, 0.25) is 0 Å². The number of nitrogens with one attached hydrogen (secondary N) is 1. The standard InChI is InChI=1S/C19H27N3OS/c1-15(18-8-6-12-24-18)7-4-10-20-19(23)9-5-11-22-14-21-16(2)13-17(22)3/h5-6,8,11-13,15H,4,7,9-10,14H2,1-3H3,(H,20,23)/b11-5-. The molecule has 0 bridgehead atoms. The Labute approximate surface area is 149 Å². The third kappa shape index (κ3) is 5.96. The molecule has 0 saturated carbocycles. The summed E-state index contributed by atoms with van der Waals surface area (Å²) >= 11 is 1.81. The fourth-order valence-electron chi connectivity index (χ4n) is 2.60. The molecule has 0 saturated heterocycles. The molecule has 4 nitrogen and oxygen atoms in total. The first-order valence-corrected chi connectivity index (χ1v) is 9.37. The maximum Gasteiger partial charge on any atom is 0.223 e. The number of aliphatic imine (C=N–C) groups is 1. The fourth-order valence-corrected chi connectivity index (χ4v) is 3.43. The lowest BCUT2D eigenvalue weighted by molar-refractivity contribution is -0.120. The zero-order chi connectivity index (χ0) is 17.4. The summed E-state index contributed by atoms with van der Waals surface area (Å²) in [5.74, 6) is 0.646. The average molecular weight is 346 g/mol. The lowest BCUT2D eigenvalue weighted by Crippen LogP contribution is -2.24. The molecule has 0 fully saturated rings. The minimum atomic E-state index is 0.0772. The Bertz CT molecular complexity index is 617. The summed E-state index contributed by atoms with van der Waals surface area (Å²) in [5, 5.41) is 5.11. The smallest absolute Gasteiger partial charge is 0.223 e. The topological polar surface area (TPSA) is 44.7 Å². The zero-order valence-corrected chi connectivity index (χ0v) is 15.6. The molecule has 5 heteroatoms. The van der Waals surface area contributed by atoms with Crippen molar-refractivity contribution in [3.05, 3.63) is 46.4 Å². The summed E-state index contributed by atoms with van der Waals surface area (Å²) in [4.78, 5) is 19.7. The summed E-state index contributed by atoms with van der Waals surface area (Å²) in [7, 11) is 0. The van der Waals surface area contributed by atoms with Crippen LogP contribution in [-0.4, -0.2) is 29.7 Å². The normalized spacial score (nSPS) is 16.0. The highest BCUT2D eigenvalue weighted by Gasteiger charge is 2.07. The van der Waals surface area contributed by atoms with Gasteiger partial charge >= 0.3 is 0 Å². The van der Waals surface area contributed by atoms with Gasteiger partial charge in [0.05, 0.1) is 0 Å². The molecule has 24 heavy (non-hydrogen) atoms. The first-order chi connectivity index (χ1) is 11.6. The van der Waals surface area contributed by atoms with Gasteiger partial charge in [0, 0.05) is 35.5 Å². The van der Waals surface area contributed by atoms with Gasteiger partial charge in [-0.3, -0.25) is 9.79 Å². The van der Waals surface area contributed by atoms with E-state index in [9.17, 15) is 4.79 Å². The fraction of sp³-hybridized carbons (Fsp3) is 0.474. The van der Waals surface area contributed by atoms with Crippen molar-refractivity contribution < 1.29 is 4.79 Å². The van der Waals surface area contributed by atoms with E-state index in [2.05, 4.69) is 41.7 Å². The van der Waals surface area contributed by atoms with Gasteiger partial charge in [0.2, 0.25) is 5.91 Å². The third-order valence-electron chi connectivity index (χ3n) is 4.10.